The number of guanidine groups is 1. The predicted molar refractivity (Wildman–Crippen MR) is 99.1 cm³/mol. The van der Waals surface area contributed by atoms with E-state index in [1.165, 1.54) is 31.2 Å². The Hall–Kier alpha value is -1.76. The van der Waals surface area contributed by atoms with Crippen molar-refractivity contribution in [3.8, 4) is 0 Å². The second-order valence-electron chi connectivity index (χ2n) is 6.73. The zero-order valence-electron chi connectivity index (χ0n) is 15.4. The van der Waals surface area contributed by atoms with Gasteiger partial charge in [-0.1, -0.05) is 37.1 Å². The van der Waals surface area contributed by atoms with Gasteiger partial charge in [-0.15, -0.1) is 0 Å². The Balaban J connectivity index is 1.81. The van der Waals surface area contributed by atoms with Crippen LogP contribution < -0.4 is 10.6 Å². The lowest BCUT2D eigenvalue weighted by molar-refractivity contribution is -0.132. The molecule has 2 rings (SSSR count). The summed E-state index contributed by atoms with van der Waals surface area (Å²) in [6.07, 6.45) is 0.136. The van der Waals surface area contributed by atoms with Gasteiger partial charge in [0.05, 0.1) is 6.42 Å². The van der Waals surface area contributed by atoms with Crippen molar-refractivity contribution >= 4 is 5.96 Å². The molecule has 26 heavy (non-hydrogen) atoms. The van der Waals surface area contributed by atoms with Crippen molar-refractivity contribution in [2.24, 2.45) is 4.99 Å². The predicted octanol–water partition coefficient (Wildman–Crippen LogP) is 3.68. The fourth-order valence-corrected chi connectivity index (χ4v) is 3.12. The molecule has 0 bridgehead atoms. The molecule has 4 nitrogen and oxygen atoms in total. The van der Waals surface area contributed by atoms with Crippen molar-refractivity contribution in [2.75, 3.05) is 26.7 Å². The minimum atomic E-state index is -4.16. The first-order chi connectivity index (χ1) is 12.5. The lowest BCUT2D eigenvalue weighted by Gasteiger charge is -2.20. The Labute approximate surface area is 153 Å². The molecule has 1 aromatic rings. The molecule has 0 aromatic heterocycles. The van der Waals surface area contributed by atoms with Crippen LogP contribution in [0.25, 0.3) is 0 Å². The molecular formula is C19H29F3N4. The Morgan fingerprint density at radius 1 is 1.08 bits per heavy atom. The first-order valence-corrected chi connectivity index (χ1v) is 9.28. The summed E-state index contributed by atoms with van der Waals surface area (Å²) < 4.78 is 36.7. The van der Waals surface area contributed by atoms with Gasteiger partial charge in [0.25, 0.3) is 0 Å². The maximum absolute atomic E-state index is 12.2. The van der Waals surface area contributed by atoms with Crippen molar-refractivity contribution in [2.45, 2.75) is 51.4 Å². The lowest BCUT2D eigenvalue weighted by atomic mass is 10.1. The van der Waals surface area contributed by atoms with E-state index >= 15 is 0 Å². The van der Waals surface area contributed by atoms with Crippen LogP contribution in [0.1, 0.15) is 43.2 Å². The number of nitrogens with zero attached hydrogens (tertiary/aromatic N) is 2. The summed E-state index contributed by atoms with van der Waals surface area (Å²) in [7, 11) is 1.55. The van der Waals surface area contributed by atoms with E-state index in [1.54, 1.807) is 7.05 Å². The summed E-state index contributed by atoms with van der Waals surface area (Å²) in [5.41, 5.74) is 2.36. The SMILES string of the molecule is CN=C(NCCC(F)(F)F)NCc1cccc(CN2CCCCCC2)c1. The first-order valence-electron chi connectivity index (χ1n) is 9.28. The maximum atomic E-state index is 12.2. The van der Waals surface area contributed by atoms with Crippen LogP contribution in [-0.2, 0) is 13.1 Å². The topological polar surface area (TPSA) is 39.7 Å². The fraction of sp³-hybridized carbons (Fsp3) is 0.632. The number of rotatable bonds is 6. The number of benzene rings is 1. The summed E-state index contributed by atoms with van der Waals surface area (Å²) in [5, 5.41) is 5.76. The van der Waals surface area contributed by atoms with Crippen molar-refractivity contribution in [1.29, 1.82) is 0 Å². The van der Waals surface area contributed by atoms with Gasteiger partial charge in [-0.05, 0) is 37.1 Å². The van der Waals surface area contributed by atoms with Crippen molar-refractivity contribution in [3.63, 3.8) is 0 Å². The fourth-order valence-electron chi connectivity index (χ4n) is 3.12. The van der Waals surface area contributed by atoms with Gasteiger partial charge in [0.2, 0.25) is 0 Å². The molecule has 7 heteroatoms. The highest BCUT2D eigenvalue weighted by Gasteiger charge is 2.26. The van der Waals surface area contributed by atoms with Crippen LogP contribution in [0.2, 0.25) is 0 Å². The van der Waals surface area contributed by atoms with Gasteiger partial charge < -0.3 is 10.6 Å². The van der Waals surface area contributed by atoms with Crippen LogP contribution in [0.15, 0.2) is 29.3 Å². The number of hydrogen-bond acceptors (Lipinski definition) is 2. The number of nitrogens with one attached hydrogen (secondary N) is 2. The highest BCUT2D eigenvalue weighted by atomic mass is 19.4. The summed E-state index contributed by atoms with van der Waals surface area (Å²) in [6, 6.07) is 8.33. The van der Waals surface area contributed by atoms with Gasteiger partial charge >= 0.3 is 6.18 Å². The third-order valence-electron chi connectivity index (χ3n) is 4.48. The molecule has 146 valence electrons. The maximum Gasteiger partial charge on any atom is 0.390 e. The Kier molecular flexibility index (Phi) is 8.22. The summed E-state index contributed by atoms with van der Waals surface area (Å²) >= 11 is 0. The van der Waals surface area contributed by atoms with E-state index in [0.29, 0.717) is 12.5 Å². The van der Waals surface area contributed by atoms with Crippen LogP contribution in [0.3, 0.4) is 0 Å². The van der Waals surface area contributed by atoms with E-state index in [9.17, 15) is 13.2 Å². The van der Waals surface area contributed by atoms with E-state index in [2.05, 4.69) is 32.7 Å². The summed E-state index contributed by atoms with van der Waals surface area (Å²) in [4.78, 5) is 6.47. The van der Waals surface area contributed by atoms with Crippen molar-refractivity contribution < 1.29 is 13.2 Å². The number of likely N-dealkylation sites (tertiary alicyclic amines) is 1. The number of hydrogen-bond donors (Lipinski definition) is 2. The van der Waals surface area contributed by atoms with Crippen LogP contribution >= 0.6 is 0 Å². The summed E-state index contributed by atoms with van der Waals surface area (Å²) in [6.45, 7) is 3.60. The molecule has 0 radical (unpaired) electrons. The van der Waals surface area contributed by atoms with Crippen molar-refractivity contribution in [3.05, 3.63) is 35.4 Å². The minimum absolute atomic E-state index is 0.182. The quantitative estimate of drug-likeness (QED) is 0.593. The van der Waals surface area contributed by atoms with Crippen LogP contribution in [-0.4, -0.2) is 43.7 Å². The Morgan fingerprint density at radius 2 is 1.77 bits per heavy atom. The lowest BCUT2D eigenvalue weighted by Crippen LogP contribution is -2.38. The molecule has 0 atom stereocenters. The van der Waals surface area contributed by atoms with Gasteiger partial charge in [-0.2, -0.15) is 13.2 Å². The van der Waals surface area contributed by atoms with Gasteiger partial charge in [0.1, 0.15) is 0 Å². The molecule has 0 unspecified atom stereocenters. The zero-order chi connectivity index (χ0) is 18.8. The third kappa shape index (κ3) is 8.08. The molecule has 1 aliphatic rings. The monoisotopic (exact) mass is 370 g/mol. The Bertz CT molecular complexity index is 564. The molecule has 0 aliphatic carbocycles. The van der Waals surface area contributed by atoms with E-state index in [4.69, 9.17) is 0 Å². The highest BCUT2D eigenvalue weighted by molar-refractivity contribution is 5.79. The smallest absolute Gasteiger partial charge is 0.356 e. The second-order valence-corrected chi connectivity index (χ2v) is 6.73. The van der Waals surface area contributed by atoms with Crippen molar-refractivity contribution in [1.82, 2.24) is 15.5 Å². The van der Waals surface area contributed by atoms with Crippen LogP contribution in [0, 0.1) is 0 Å². The van der Waals surface area contributed by atoms with Crippen LogP contribution in [0.4, 0.5) is 13.2 Å². The molecular weight excluding hydrogens is 341 g/mol. The summed E-state index contributed by atoms with van der Waals surface area (Å²) in [5.74, 6) is 0.382. The molecule has 1 aromatic carbocycles. The normalized spacial score (nSPS) is 17.0. The largest absolute Gasteiger partial charge is 0.390 e. The molecule has 1 fully saturated rings. The molecule has 0 amide bonds. The molecule has 1 saturated heterocycles. The average molecular weight is 370 g/mol. The molecule has 0 saturated carbocycles. The zero-order valence-corrected chi connectivity index (χ0v) is 15.4. The van der Waals surface area contributed by atoms with Gasteiger partial charge in [0, 0.05) is 26.7 Å². The molecule has 1 heterocycles. The molecule has 1 aliphatic heterocycles. The van der Waals surface area contributed by atoms with Gasteiger partial charge in [-0.3, -0.25) is 9.89 Å². The number of aliphatic imine (C=N–C) groups is 1. The second kappa shape index (κ2) is 10.4. The number of halogens is 3. The standard InChI is InChI=1S/C19H29F3N4/c1-23-18(24-10-9-19(20,21)22)25-14-16-7-6-8-17(13-16)15-26-11-4-2-3-5-12-26/h6-8,13H,2-5,9-12,14-15H2,1H3,(H2,23,24,25). The van der Waals surface area contributed by atoms with Gasteiger partial charge in [-0.25, -0.2) is 0 Å². The third-order valence-corrected chi connectivity index (χ3v) is 4.48. The van der Waals surface area contributed by atoms with Crippen LogP contribution in [0.5, 0.6) is 0 Å². The number of alkyl halides is 3. The Morgan fingerprint density at radius 3 is 2.42 bits per heavy atom. The highest BCUT2D eigenvalue weighted by Crippen LogP contribution is 2.18. The average Bonchev–Trinajstić information content (AvgIpc) is 2.86. The van der Waals surface area contributed by atoms with E-state index in [-0.39, 0.29) is 6.54 Å². The molecule has 2 N–H and O–H groups in total. The van der Waals surface area contributed by atoms with E-state index in [0.717, 1.165) is 25.2 Å². The minimum Gasteiger partial charge on any atom is -0.356 e. The van der Waals surface area contributed by atoms with E-state index in [1.807, 2.05) is 12.1 Å². The molecule has 0 spiro atoms. The first kappa shape index (κ1) is 20.6. The van der Waals surface area contributed by atoms with E-state index < -0.39 is 12.6 Å². The van der Waals surface area contributed by atoms with Gasteiger partial charge in [0.15, 0.2) is 5.96 Å².